The molecule has 1 aromatic rings. The Morgan fingerprint density at radius 3 is 3.00 bits per heavy atom. The first-order valence-corrected chi connectivity index (χ1v) is 5.56. The van der Waals surface area contributed by atoms with E-state index in [0.717, 1.165) is 18.5 Å². The highest BCUT2D eigenvalue weighted by molar-refractivity contribution is 5.80. The molecule has 0 aromatic heterocycles. The highest BCUT2D eigenvalue weighted by Gasteiger charge is 2.04. The van der Waals surface area contributed by atoms with Crippen molar-refractivity contribution in [2.24, 2.45) is 10.9 Å². The van der Waals surface area contributed by atoms with Gasteiger partial charge < -0.3 is 16.3 Å². The van der Waals surface area contributed by atoms with Gasteiger partial charge in [0.05, 0.1) is 0 Å². The lowest BCUT2D eigenvalue weighted by molar-refractivity contribution is 0.316. The van der Waals surface area contributed by atoms with Crippen molar-refractivity contribution in [2.75, 3.05) is 6.54 Å². The van der Waals surface area contributed by atoms with Gasteiger partial charge in [0.15, 0.2) is 0 Å². The molecular weight excluding hydrogens is 221 g/mol. The molecule has 94 valence electrons. The van der Waals surface area contributed by atoms with Gasteiger partial charge in [0.2, 0.25) is 0 Å². The molecule has 1 rings (SSSR count). The Morgan fingerprint density at radius 1 is 1.59 bits per heavy atom. The lowest BCUT2D eigenvalue weighted by Crippen LogP contribution is -2.32. The van der Waals surface area contributed by atoms with Crippen LogP contribution < -0.4 is 11.1 Å². The zero-order valence-corrected chi connectivity index (χ0v) is 9.86. The lowest BCUT2D eigenvalue weighted by atomic mass is 10.1. The number of hydrogen-bond donors (Lipinski definition) is 3. The average Bonchev–Trinajstić information content (AvgIpc) is 2.29. The van der Waals surface area contributed by atoms with Gasteiger partial charge in [-0.3, -0.25) is 0 Å². The van der Waals surface area contributed by atoms with Crippen LogP contribution in [0.4, 0.5) is 4.39 Å². The molecule has 0 radical (unpaired) electrons. The van der Waals surface area contributed by atoms with Crippen molar-refractivity contribution in [3.63, 3.8) is 0 Å². The third-order valence-electron chi connectivity index (χ3n) is 2.44. The fraction of sp³-hybridized carbons (Fsp3) is 0.417. The molecule has 0 aliphatic carbocycles. The molecule has 1 atom stereocenters. The molecule has 0 fully saturated rings. The van der Waals surface area contributed by atoms with Gasteiger partial charge in [0.25, 0.3) is 0 Å². The summed E-state index contributed by atoms with van der Waals surface area (Å²) >= 11 is 0. The van der Waals surface area contributed by atoms with E-state index >= 15 is 0 Å². The van der Waals surface area contributed by atoms with Crippen LogP contribution in [0.2, 0.25) is 0 Å². The maximum atomic E-state index is 12.9. The summed E-state index contributed by atoms with van der Waals surface area (Å²) in [6.07, 6.45) is 1.23. The van der Waals surface area contributed by atoms with E-state index in [1.165, 1.54) is 12.1 Å². The Kier molecular flexibility index (Phi) is 5.42. The van der Waals surface area contributed by atoms with E-state index in [1.807, 2.05) is 13.0 Å². The molecular formula is C12H18FN3O. The number of rotatable bonds is 6. The Hall–Kier alpha value is -1.62. The summed E-state index contributed by atoms with van der Waals surface area (Å²) in [6.45, 7) is 2.67. The third kappa shape index (κ3) is 5.31. The van der Waals surface area contributed by atoms with Crippen molar-refractivity contribution < 1.29 is 9.60 Å². The largest absolute Gasteiger partial charge is 0.409 e. The van der Waals surface area contributed by atoms with Crippen LogP contribution in [0.5, 0.6) is 0 Å². The van der Waals surface area contributed by atoms with Gasteiger partial charge in [0, 0.05) is 12.5 Å². The third-order valence-corrected chi connectivity index (χ3v) is 2.44. The maximum Gasteiger partial charge on any atom is 0.140 e. The second-order valence-corrected chi connectivity index (χ2v) is 4.03. The van der Waals surface area contributed by atoms with Crippen molar-refractivity contribution in [1.29, 1.82) is 0 Å². The van der Waals surface area contributed by atoms with Crippen LogP contribution >= 0.6 is 0 Å². The van der Waals surface area contributed by atoms with Gasteiger partial charge in [-0.25, -0.2) is 4.39 Å². The van der Waals surface area contributed by atoms with Gasteiger partial charge in [0.1, 0.15) is 11.7 Å². The van der Waals surface area contributed by atoms with Crippen LogP contribution in [0.15, 0.2) is 29.4 Å². The number of amidine groups is 1. The second kappa shape index (κ2) is 6.85. The molecule has 0 aliphatic heterocycles. The van der Waals surface area contributed by atoms with E-state index in [4.69, 9.17) is 10.9 Å². The SMILES string of the molecule is CC(C/C(N)=N/O)NCCc1cccc(F)c1. The molecule has 4 nitrogen and oxygen atoms in total. The lowest BCUT2D eigenvalue weighted by Gasteiger charge is -2.12. The van der Waals surface area contributed by atoms with E-state index in [2.05, 4.69) is 10.5 Å². The number of nitrogens with one attached hydrogen (secondary N) is 1. The zero-order valence-electron chi connectivity index (χ0n) is 9.86. The van der Waals surface area contributed by atoms with E-state index in [1.54, 1.807) is 6.07 Å². The molecule has 17 heavy (non-hydrogen) atoms. The minimum Gasteiger partial charge on any atom is -0.409 e. The molecule has 0 aliphatic rings. The van der Waals surface area contributed by atoms with E-state index in [-0.39, 0.29) is 17.7 Å². The zero-order chi connectivity index (χ0) is 12.7. The highest BCUT2D eigenvalue weighted by Crippen LogP contribution is 2.03. The maximum absolute atomic E-state index is 12.9. The summed E-state index contributed by atoms with van der Waals surface area (Å²) in [7, 11) is 0. The van der Waals surface area contributed by atoms with Crippen LogP contribution in [-0.2, 0) is 6.42 Å². The minimum atomic E-state index is -0.216. The Labute approximate surface area is 100 Å². The van der Waals surface area contributed by atoms with E-state index < -0.39 is 0 Å². The van der Waals surface area contributed by atoms with Crippen molar-refractivity contribution in [3.05, 3.63) is 35.6 Å². The van der Waals surface area contributed by atoms with Crippen LogP contribution in [0, 0.1) is 5.82 Å². The number of hydrogen-bond acceptors (Lipinski definition) is 3. The van der Waals surface area contributed by atoms with Crippen LogP contribution in [0.25, 0.3) is 0 Å². The summed E-state index contributed by atoms with van der Waals surface area (Å²) in [5.74, 6) is -0.0111. The van der Waals surface area contributed by atoms with E-state index in [9.17, 15) is 4.39 Å². The molecule has 0 spiro atoms. The summed E-state index contributed by atoms with van der Waals surface area (Å²) in [5.41, 5.74) is 6.34. The van der Waals surface area contributed by atoms with Gasteiger partial charge in [-0.15, -0.1) is 0 Å². The average molecular weight is 239 g/mol. The molecule has 0 heterocycles. The van der Waals surface area contributed by atoms with Gasteiger partial charge >= 0.3 is 0 Å². The van der Waals surface area contributed by atoms with E-state index in [0.29, 0.717) is 6.42 Å². The number of oxime groups is 1. The second-order valence-electron chi connectivity index (χ2n) is 4.03. The first kappa shape index (κ1) is 13.4. The Bertz CT molecular complexity index is 382. The number of nitrogens with two attached hydrogens (primary N) is 1. The predicted octanol–water partition coefficient (Wildman–Crippen LogP) is 1.48. The number of benzene rings is 1. The standard InChI is InChI=1S/C12H18FN3O/c1-9(7-12(14)16-17)15-6-5-10-3-2-4-11(13)8-10/h2-4,8-9,15,17H,5-7H2,1H3,(H2,14,16). The van der Waals surface area contributed by atoms with Gasteiger partial charge in [-0.05, 0) is 37.6 Å². The quantitative estimate of drug-likeness (QED) is 0.305. The minimum absolute atomic E-state index is 0.124. The van der Waals surface area contributed by atoms with Gasteiger partial charge in [-0.1, -0.05) is 17.3 Å². The summed E-state index contributed by atoms with van der Waals surface area (Å²) in [5, 5.41) is 14.5. The predicted molar refractivity (Wildman–Crippen MR) is 65.6 cm³/mol. The molecule has 5 heteroatoms. The van der Waals surface area contributed by atoms with Crippen molar-refractivity contribution in [1.82, 2.24) is 5.32 Å². The Morgan fingerprint density at radius 2 is 2.35 bits per heavy atom. The molecule has 0 bridgehead atoms. The summed E-state index contributed by atoms with van der Waals surface area (Å²) < 4.78 is 12.9. The molecule has 0 amide bonds. The summed E-state index contributed by atoms with van der Waals surface area (Å²) in [6, 6.07) is 6.66. The number of halogens is 1. The molecule has 1 aromatic carbocycles. The monoisotopic (exact) mass is 239 g/mol. The molecule has 1 unspecified atom stereocenters. The fourth-order valence-electron chi connectivity index (χ4n) is 1.58. The Balaban J connectivity index is 2.28. The van der Waals surface area contributed by atoms with Crippen LogP contribution in [-0.4, -0.2) is 23.6 Å². The topological polar surface area (TPSA) is 70.6 Å². The van der Waals surface area contributed by atoms with Crippen LogP contribution in [0.1, 0.15) is 18.9 Å². The fourth-order valence-corrected chi connectivity index (χ4v) is 1.58. The normalized spacial score (nSPS) is 13.6. The van der Waals surface area contributed by atoms with Crippen molar-refractivity contribution in [2.45, 2.75) is 25.8 Å². The highest BCUT2D eigenvalue weighted by atomic mass is 19.1. The summed E-state index contributed by atoms with van der Waals surface area (Å²) in [4.78, 5) is 0. The molecule has 0 saturated heterocycles. The smallest absolute Gasteiger partial charge is 0.140 e. The first-order valence-electron chi connectivity index (χ1n) is 5.56. The van der Waals surface area contributed by atoms with Crippen molar-refractivity contribution in [3.8, 4) is 0 Å². The first-order chi connectivity index (χ1) is 8.11. The van der Waals surface area contributed by atoms with Gasteiger partial charge in [-0.2, -0.15) is 0 Å². The van der Waals surface area contributed by atoms with Crippen LogP contribution in [0.3, 0.4) is 0 Å². The molecule has 4 N–H and O–H groups in total. The number of nitrogens with zero attached hydrogens (tertiary/aromatic N) is 1. The molecule has 0 saturated carbocycles. The van der Waals surface area contributed by atoms with Crippen molar-refractivity contribution >= 4 is 5.84 Å².